The van der Waals surface area contributed by atoms with Crippen LogP contribution < -0.4 is 24.0 Å². The van der Waals surface area contributed by atoms with Gasteiger partial charge in [-0.25, -0.2) is 12.8 Å². The van der Waals surface area contributed by atoms with Crippen molar-refractivity contribution < 1.29 is 27.1 Å². The first-order valence-electron chi connectivity index (χ1n) is 11.8. The molecule has 37 heavy (non-hydrogen) atoms. The Bertz CT molecular complexity index is 1290. The maximum absolute atomic E-state index is 13.6. The van der Waals surface area contributed by atoms with Gasteiger partial charge in [-0.2, -0.15) is 0 Å². The number of hydrogen-bond donors (Lipinski definition) is 1. The van der Waals surface area contributed by atoms with Crippen LogP contribution in [-0.4, -0.2) is 48.2 Å². The maximum atomic E-state index is 13.6. The van der Waals surface area contributed by atoms with Crippen LogP contribution in [0.2, 0.25) is 0 Å². The highest BCUT2D eigenvalue weighted by Crippen LogP contribution is 2.32. The number of amides is 1. The molecule has 0 atom stereocenters. The van der Waals surface area contributed by atoms with E-state index < -0.39 is 28.3 Å². The van der Waals surface area contributed by atoms with Crippen molar-refractivity contribution in [2.45, 2.75) is 25.3 Å². The first-order valence-corrected chi connectivity index (χ1v) is 13.3. The molecule has 8 nitrogen and oxygen atoms in total. The molecule has 0 aliphatic carbocycles. The molecule has 0 bridgehead atoms. The lowest BCUT2D eigenvalue weighted by atomic mass is 10.2. The fourth-order valence-electron chi connectivity index (χ4n) is 3.83. The Balaban J connectivity index is 1.82. The Morgan fingerprint density at radius 3 is 2.03 bits per heavy atom. The zero-order chi connectivity index (χ0) is 27.0. The van der Waals surface area contributed by atoms with E-state index in [0.29, 0.717) is 5.75 Å². The van der Waals surface area contributed by atoms with Crippen molar-refractivity contribution in [3.63, 3.8) is 0 Å². The van der Waals surface area contributed by atoms with Gasteiger partial charge in [0.2, 0.25) is 5.91 Å². The van der Waals surface area contributed by atoms with E-state index in [0.717, 1.165) is 40.8 Å². The third-order valence-electron chi connectivity index (χ3n) is 5.90. The van der Waals surface area contributed by atoms with Gasteiger partial charge >= 0.3 is 0 Å². The number of sulfonamides is 1. The van der Waals surface area contributed by atoms with E-state index in [1.165, 1.54) is 44.6 Å². The van der Waals surface area contributed by atoms with Crippen molar-refractivity contribution in [3.8, 4) is 11.5 Å². The molecule has 0 unspecified atom stereocenters. The first kappa shape index (κ1) is 27.8. The molecule has 3 aromatic rings. The summed E-state index contributed by atoms with van der Waals surface area (Å²) in [6.07, 6.45) is 0. The molecule has 0 spiro atoms. The quantitative estimate of drug-likeness (QED) is 0.378. The number of ether oxygens (including phenoxy) is 2. The number of benzene rings is 3. The number of carbonyl (C=O) groups is 1. The van der Waals surface area contributed by atoms with Gasteiger partial charge in [0.15, 0.2) is 11.5 Å². The standard InChI is InChI=1S/C27H32FN3O5S/c1-5-30(6-2)22-11-7-20(8-12-22)18-29-27(32)19-31(23-13-9-21(28)10-14-23)37(33,34)24-15-16-25(35-3)26(17-24)36-4/h7-17H,5-6,18-19H2,1-4H3,(H,29,32). The monoisotopic (exact) mass is 529 g/mol. The molecule has 1 N–H and O–H groups in total. The Kier molecular flexibility index (Phi) is 9.35. The second-order valence-corrected chi connectivity index (χ2v) is 9.98. The van der Waals surface area contributed by atoms with Gasteiger partial charge in [0.1, 0.15) is 12.4 Å². The smallest absolute Gasteiger partial charge is 0.264 e. The third kappa shape index (κ3) is 6.71. The zero-order valence-electron chi connectivity index (χ0n) is 21.4. The minimum Gasteiger partial charge on any atom is -0.493 e. The van der Waals surface area contributed by atoms with Gasteiger partial charge in [-0.15, -0.1) is 0 Å². The molecule has 3 rings (SSSR count). The zero-order valence-corrected chi connectivity index (χ0v) is 22.2. The van der Waals surface area contributed by atoms with E-state index in [1.54, 1.807) is 0 Å². The number of nitrogens with one attached hydrogen (secondary N) is 1. The van der Waals surface area contributed by atoms with Gasteiger partial charge < -0.3 is 19.7 Å². The number of nitrogens with zero attached hydrogens (tertiary/aromatic N) is 2. The number of hydrogen-bond acceptors (Lipinski definition) is 6. The molecule has 10 heteroatoms. The van der Waals surface area contributed by atoms with Crippen LogP contribution >= 0.6 is 0 Å². The largest absolute Gasteiger partial charge is 0.493 e. The minimum atomic E-state index is -4.21. The molecule has 0 radical (unpaired) electrons. The number of rotatable bonds is 12. The summed E-state index contributed by atoms with van der Waals surface area (Å²) < 4.78 is 52.1. The van der Waals surface area contributed by atoms with E-state index in [-0.39, 0.29) is 22.9 Å². The normalized spacial score (nSPS) is 11.1. The van der Waals surface area contributed by atoms with Gasteiger partial charge in [0.25, 0.3) is 10.0 Å². The molecule has 0 aliphatic heterocycles. The fraction of sp³-hybridized carbons (Fsp3) is 0.296. The van der Waals surface area contributed by atoms with Crippen LogP contribution in [-0.2, 0) is 21.4 Å². The molecule has 0 saturated heterocycles. The summed E-state index contributed by atoms with van der Waals surface area (Å²) >= 11 is 0. The van der Waals surface area contributed by atoms with Crippen LogP contribution in [0.4, 0.5) is 15.8 Å². The van der Waals surface area contributed by atoms with Crippen molar-refractivity contribution in [2.75, 3.05) is 43.1 Å². The van der Waals surface area contributed by atoms with Crippen LogP contribution in [0.1, 0.15) is 19.4 Å². The SMILES string of the molecule is CCN(CC)c1ccc(CNC(=O)CN(c2ccc(F)cc2)S(=O)(=O)c2ccc(OC)c(OC)c2)cc1. The summed E-state index contributed by atoms with van der Waals surface area (Å²) in [6, 6.07) is 16.9. The van der Waals surface area contributed by atoms with E-state index in [4.69, 9.17) is 9.47 Å². The molecule has 0 fully saturated rings. The topological polar surface area (TPSA) is 88.2 Å². The molecular weight excluding hydrogens is 497 g/mol. The molecule has 0 saturated carbocycles. The minimum absolute atomic E-state index is 0.103. The third-order valence-corrected chi connectivity index (χ3v) is 7.67. The number of anilines is 2. The summed E-state index contributed by atoms with van der Waals surface area (Å²) in [5.41, 5.74) is 2.11. The van der Waals surface area contributed by atoms with Crippen molar-refractivity contribution in [2.24, 2.45) is 0 Å². The second-order valence-electron chi connectivity index (χ2n) is 8.12. The predicted molar refractivity (Wildman–Crippen MR) is 142 cm³/mol. The Labute approximate surface area is 217 Å². The number of halogens is 1. The van der Waals surface area contributed by atoms with E-state index >= 15 is 0 Å². The second kappa shape index (κ2) is 12.4. The van der Waals surface area contributed by atoms with E-state index in [1.807, 2.05) is 24.3 Å². The summed E-state index contributed by atoms with van der Waals surface area (Å²) in [7, 11) is -1.37. The van der Waals surface area contributed by atoms with Crippen molar-refractivity contribution >= 4 is 27.3 Å². The van der Waals surface area contributed by atoms with Gasteiger partial charge in [0.05, 0.1) is 24.8 Å². The molecule has 3 aromatic carbocycles. The predicted octanol–water partition coefficient (Wildman–Crippen LogP) is 4.20. The van der Waals surface area contributed by atoms with Crippen LogP contribution in [0, 0.1) is 5.82 Å². The van der Waals surface area contributed by atoms with Gasteiger partial charge in [0, 0.05) is 31.4 Å². The lowest BCUT2D eigenvalue weighted by Crippen LogP contribution is -2.40. The van der Waals surface area contributed by atoms with Gasteiger partial charge in [-0.1, -0.05) is 12.1 Å². The Morgan fingerprint density at radius 1 is 0.865 bits per heavy atom. The lowest BCUT2D eigenvalue weighted by Gasteiger charge is -2.24. The molecule has 198 valence electrons. The summed E-state index contributed by atoms with van der Waals surface area (Å²) in [5.74, 6) is -0.453. The highest BCUT2D eigenvalue weighted by atomic mass is 32.2. The van der Waals surface area contributed by atoms with Crippen molar-refractivity contribution in [3.05, 3.63) is 78.1 Å². The Hall–Kier alpha value is -3.79. The van der Waals surface area contributed by atoms with Crippen molar-refractivity contribution in [1.29, 1.82) is 0 Å². The highest BCUT2D eigenvalue weighted by Gasteiger charge is 2.28. The molecule has 1 amide bonds. The summed E-state index contributed by atoms with van der Waals surface area (Å²) in [6.45, 7) is 5.67. The molecular formula is C27H32FN3O5S. The average Bonchev–Trinajstić information content (AvgIpc) is 2.92. The summed E-state index contributed by atoms with van der Waals surface area (Å²) in [5, 5.41) is 2.77. The Morgan fingerprint density at radius 2 is 1.46 bits per heavy atom. The van der Waals surface area contributed by atoms with Gasteiger partial charge in [-0.05, 0) is 67.9 Å². The van der Waals surface area contributed by atoms with Gasteiger partial charge in [-0.3, -0.25) is 9.10 Å². The molecule has 0 aliphatic rings. The summed E-state index contributed by atoms with van der Waals surface area (Å²) in [4.78, 5) is 15.0. The lowest BCUT2D eigenvalue weighted by molar-refractivity contribution is -0.119. The van der Waals surface area contributed by atoms with E-state index in [2.05, 4.69) is 24.1 Å². The van der Waals surface area contributed by atoms with Crippen LogP contribution in [0.5, 0.6) is 11.5 Å². The van der Waals surface area contributed by atoms with Crippen LogP contribution in [0.3, 0.4) is 0 Å². The van der Waals surface area contributed by atoms with Crippen LogP contribution in [0.25, 0.3) is 0 Å². The number of carbonyl (C=O) groups excluding carboxylic acids is 1. The highest BCUT2D eigenvalue weighted by molar-refractivity contribution is 7.92. The maximum Gasteiger partial charge on any atom is 0.264 e. The van der Waals surface area contributed by atoms with E-state index in [9.17, 15) is 17.6 Å². The average molecular weight is 530 g/mol. The molecule has 0 heterocycles. The molecule has 0 aromatic heterocycles. The fourth-order valence-corrected chi connectivity index (χ4v) is 5.26. The van der Waals surface area contributed by atoms with Crippen molar-refractivity contribution in [1.82, 2.24) is 5.32 Å². The number of methoxy groups -OCH3 is 2. The van der Waals surface area contributed by atoms with Crippen LogP contribution in [0.15, 0.2) is 71.6 Å². The first-order chi connectivity index (χ1) is 17.7.